The maximum absolute atomic E-state index is 12.0. The number of hydrogen-bond acceptors (Lipinski definition) is 5. The fourth-order valence-corrected chi connectivity index (χ4v) is 2.26. The number of aryl methyl sites for hydroxylation is 1. The first-order valence-corrected chi connectivity index (χ1v) is 8.26. The molecule has 0 unspecified atom stereocenters. The molecular formula is C19H30O5. The van der Waals surface area contributed by atoms with Crippen LogP contribution in [0.5, 0.6) is 5.75 Å². The molecule has 0 aromatic heterocycles. The molecular weight excluding hydrogens is 308 g/mol. The minimum Gasteiger partial charge on any atom is -0.489 e. The predicted molar refractivity (Wildman–Crippen MR) is 93.1 cm³/mol. The summed E-state index contributed by atoms with van der Waals surface area (Å²) >= 11 is 0. The lowest BCUT2D eigenvalue weighted by Crippen LogP contribution is -2.27. The molecule has 5 nitrogen and oxygen atoms in total. The van der Waals surface area contributed by atoms with Crippen molar-refractivity contribution in [1.82, 2.24) is 0 Å². The molecule has 0 saturated carbocycles. The van der Waals surface area contributed by atoms with Gasteiger partial charge in [-0.3, -0.25) is 4.79 Å². The highest BCUT2D eigenvalue weighted by atomic mass is 16.6. The van der Waals surface area contributed by atoms with Crippen LogP contribution in [0.25, 0.3) is 0 Å². The Labute approximate surface area is 145 Å². The van der Waals surface area contributed by atoms with Crippen molar-refractivity contribution in [3.05, 3.63) is 28.8 Å². The summed E-state index contributed by atoms with van der Waals surface area (Å²) in [6, 6.07) is 4.06. The van der Waals surface area contributed by atoms with Gasteiger partial charge >= 0.3 is 5.97 Å². The van der Waals surface area contributed by atoms with Gasteiger partial charge in [-0.2, -0.15) is 0 Å². The van der Waals surface area contributed by atoms with Crippen molar-refractivity contribution >= 4 is 5.97 Å². The highest BCUT2D eigenvalue weighted by Crippen LogP contribution is 2.28. The van der Waals surface area contributed by atoms with E-state index >= 15 is 0 Å². The first-order valence-electron chi connectivity index (χ1n) is 8.26. The predicted octanol–water partition coefficient (Wildman–Crippen LogP) is 3.65. The zero-order valence-electron chi connectivity index (χ0n) is 15.7. The molecule has 136 valence electrons. The molecule has 0 radical (unpaired) electrons. The van der Waals surface area contributed by atoms with Crippen molar-refractivity contribution in [2.75, 3.05) is 27.4 Å². The number of methoxy groups -OCH3 is 2. The van der Waals surface area contributed by atoms with Crippen molar-refractivity contribution in [1.29, 1.82) is 0 Å². The lowest BCUT2D eigenvalue weighted by atomic mass is 9.91. The van der Waals surface area contributed by atoms with Crippen LogP contribution < -0.4 is 4.74 Å². The number of benzene rings is 1. The molecule has 0 N–H and O–H groups in total. The number of hydrogen-bond donors (Lipinski definition) is 0. The number of esters is 1. The normalized spacial score (nSPS) is 11.4. The average Bonchev–Trinajstić information content (AvgIpc) is 2.53. The zero-order chi connectivity index (χ0) is 18.2. The van der Waals surface area contributed by atoms with Gasteiger partial charge in [-0.05, 0) is 27.2 Å². The van der Waals surface area contributed by atoms with Gasteiger partial charge in [-0.25, -0.2) is 0 Å². The van der Waals surface area contributed by atoms with Gasteiger partial charge in [0.1, 0.15) is 19.0 Å². The van der Waals surface area contributed by atoms with Gasteiger partial charge in [0.15, 0.2) is 0 Å². The molecule has 0 bridgehead atoms. The van der Waals surface area contributed by atoms with E-state index in [-0.39, 0.29) is 12.6 Å². The van der Waals surface area contributed by atoms with Crippen LogP contribution in [0.4, 0.5) is 0 Å². The van der Waals surface area contributed by atoms with Crippen molar-refractivity contribution in [3.63, 3.8) is 0 Å². The molecule has 0 heterocycles. The van der Waals surface area contributed by atoms with Crippen LogP contribution in [0.1, 0.15) is 43.9 Å². The zero-order valence-corrected chi connectivity index (χ0v) is 15.7. The van der Waals surface area contributed by atoms with Gasteiger partial charge in [0.25, 0.3) is 0 Å². The highest BCUT2D eigenvalue weighted by Gasteiger charge is 2.26. The molecule has 0 aliphatic carbocycles. The van der Waals surface area contributed by atoms with E-state index in [2.05, 4.69) is 0 Å². The Morgan fingerprint density at radius 2 is 1.58 bits per heavy atom. The lowest BCUT2D eigenvalue weighted by Gasteiger charge is -2.21. The second-order valence-electron chi connectivity index (χ2n) is 6.50. The Bertz CT molecular complexity index is 510. The Morgan fingerprint density at radius 1 is 1.04 bits per heavy atom. The largest absolute Gasteiger partial charge is 0.489 e. The summed E-state index contributed by atoms with van der Waals surface area (Å²) in [7, 11) is 3.30. The average molecular weight is 338 g/mol. The molecule has 0 saturated heterocycles. The van der Waals surface area contributed by atoms with Gasteiger partial charge in [0.2, 0.25) is 0 Å². The van der Waals surface area contributed by atoms with Crippen LogP contribution in [0, 0.1) is 12.3 Å². The molecule has 0 amide bonds. The molecule has 1 aromatic carbocycles. The summed E-state index contributed by atoms with van der Waals surface area (Å²) in [5, 5.41) is 0. The highest BCUT2D eigenvalue weighted by molar-refractivity contribution is 5.75. The number of rotatable bonds is 10. The van der Waals surface area contributed by atoms with Crippen LogP contribution >= 0.6 is 0 Å². The molecule has 0 atom stereocenters. The van der Waals surface area contributed by atoms with Gasteiger partial charge < -0.3 is 18.9 Å². The van der Waals surface area contributed by atoms with E-state index in [1.807, 2.05) is 39.8 Å². The Hall–Kier alpha value is -1.59. The fraction of sp³-hybridized carbons (Fsp3) is 0.632. The molecule has 0 spiro atoms. The topological polar surface area (TPSA) is 54.0 Å². The Kier molecular flexibility index (Phi) is 8.22. The number of carbonyl (C=O) groups is 1. The van der Waals surface area contributed by atoms with Gasteiger partial charge in [0.05, 0.1) is 18.6 Å². The summed E-state index contributed by atoms with van der Waals surface area (Å²) in [6.45, 7) is 9.17. The second kappa shape index (κ2) is 9.64. The van der Waals surface area contributed by atoms with E-state index in [0.717, 1.165) is 28.9 Å². The third-order valence-electron chi connectivity index (χ3n) is 3.99. The SMILES string of the molecule is CCC(C)(C)C(=O)OCCOc1c(COC)cc(C)cc1COC. The van der Waals surface area contributed by atoms with E-state index in [1.54, 1.807) is 14.2 Å². The Balaban J connectivity index is 2.74. The first kappa shape index (κ1) is 20.5. The van der Waals surface area contributed by atoms with E-state index in [0.29, 0.717) is 19.8 Å². The summed E-state index contributed by atoms with van der Waals surface area (Å²) in [5.74, 6) is 0.543. The van der Waals surface area contributed by atoms with E-state index < -0.39 is 5.41 Å². The third-order valence-corrected chi connectivity index (χ3v) is 3.99. The van der Waals surface area contributed by atoms with Gasteiger partial charge in [-0.1, -0.05) is 24.6 Å². The lowest BCUT2D eigenvalue weighted by molar-refractivity contribution is -0.154. The van der Waals surface area contributed by atoms with Crippen LogP contribution in [0.3, 0.4) is 0 Å². The summed E-state index contributed by atoms with van der Waals surface area (Å²) < 4.78 is 21.7. The van der Waals surface area contributed by atoms with Crippen molar-refractivity contribution < 1.29 is 23.7 Å². The maximum Gasteiger partial charge on any atom is 0.311 e. The fourth-order valence-electron chi connectivity index (χ4n) is 2.26. The van der Waals surface area contributed by atoms with Crippen LogP contribution in [0.15, 0.2) is 12.1 Å². The summed E-state index contributed by atoms with van der Waals surface area (Å²) in [5.41, 5.74) is 2.58. The van der Waals surface area contributed by atoms with Crippen LogP contribution in [-0.2, 0) is 32.2 Å². The molecule has 0 fully saturated rings. The van der Waals surface area contributed by atoms with E-state index in [1.165, 1.54) is 0 Å². The monoisotopic (exact) mass is 338 g/mol. The van der Waals surface area contributed by atoms with Gasteiger partial charge in [0, 0.05) is 25.3 Å². The minimum absolute atomic E-state index is 0.202. The minimum atomic E-state index is -0.466. The van der Waals surface area contributed by atoms with Crippen LogP contribution in [-0.4, -0.2) is 33.4 Å². The standard InChI is InChI=1S/C19H30O5/c1-7-19(3,4)18(20)24-9-8-23-17-15(12-21-5)10-14(2)11-16(17)13-22-6/h10-11H,7-9,12-13H2,1-6H3. The van der Waals surface area contributed by atoms with E-state index in [9.17, 15) is 4.79 Å². The van der Waals surface area contributed by atoms with Crippen molar-refractivity contribution in [3.8, 4) is 5.75 Å². The van der Waals surface area contributed by atoms with E-state index in [4.69, 9.17) is 18.9 Å². The third kappa shape index (κ3) is 5.80. The molecule has 1 rings (SSSR count). The quantitative estimate of drug-likeness (QED) is 0.481. The summed E-state index contributed by atoms with van der Waals surface area (Å²) in [4.78, 5) is 12.0. The van der Waals surface area contributed by atoms with Crippen molar-refractivity contribution in [2.24, 2.45) is 5.41 Å². The molecule has 0 aliphatic rings. The Morgan fingerprint density at radius 3 is 2.04 bits per heavy atom. The molecule has 0 aliphatic heterocycles. The van der Waals surface area contributed by atoms with Crippen LogP contribution in [0.2, 0.25) is 0 Å². The molecule has 1 aromatic rings. The number of ether oxygens (including phenoxy) is 4. The molecule has 5 heteroatoms. The summed E-state index contributed by atoms with van der Waals surface area (Å²) in [6.07, 6.45) is 0.737. The van der Waals surface area contributed by atoms with Gasteiger partial charge in [-0.15, -0.1) is 0 Å². The van der Waals surface area contributed by atoms with Crippen molar-refractivity contribution in [2.45, 2.75) is 47.3 Å². The smallest absolute Gasteiger partial charge is 0.311 e. The second-order valence-corrected chi connectivity index (χ2v) is 6.50. The maximum atomic E-state index is 12.0. The molecule has 24 heavy (non-hydrogen) atoms. The first-order chi connectivity index (χ1) is 11.4. The number of carbonyl (C=O) groups excluding carboxylic acids is 1.